The lowest BCUT2D eigenvalue weighted by atomic mass is 9.82. The van der Waals surface area contributed by atoms with Crippen LogP contribution < -0.4 is 0 Å². The van der Waals surface area contributed by atoms with Gasteiger partial charge in [-0.1, -0.05) is 19.3 Å². The molecule has 2 nitrogen and oxygen atoms in total. The zero-order chi connectivity index (χ0) is 11.7. The lowest BCUT2D eigenvalue weighted by Crippen LogP contribution is -2.28. The normalized spacial score (nSPS) is 19.6. The van der Waals surface area contributed by atoms with Crippen molar-refractivity contribution in [3.63, 3.8) is 0 Å². The topological polar surface area (TPSA) is 17.3 Å². The van der Waals surface area contributed by atoms with Gasteiger partial charge in [-0.15, -0.1) is 0 Å². The van der Waals surface area contributed by atoms with Gasteiger partial charge in [-0.25, -0.2) is 9.37 Å². The minimum absolute atomic E-state index is 0.538. The third kappa shape index (κ3) is 2.19. The van der Waals surface area contributed by atoms with Crippen LogP contribution >= 0.6 is 0 Å². The van der Waals surface area contributed by atoms with Crippen molar-refractivity contribution < 1.29 is 4.39 Å². The first-order valence-corrected chi connectivity index (χ1v) is 6.36. The van der Waals surface area contributed by atoms with Gasteiger partial charge in [-0.3, -0.25) is 0 Å². The zero-order valence-electron chi connectivity index (χ0n) is 9.90. The largest absolute Gasteiger partial charge is 0.307 e. The van der Waals surface area contributed by atoms with Gasteiger partial charge in [0, 0.05) is 25.0 Å². The number of hydrogen-bond donors (Lipinski definition) is 0. The van der Waals surface area contributed by atoms with Crippen LogP contribution in [0.25, 0.3) is 5.65 Å². The maximum atomic E-state index is 14.6. The van der Waals surface area contributed by atoms with Gasteiger partial charge in [-0.2, -0.15) is 0 Å². The molecule has 0 atom stereocenters. The van der Waals surface area contributed by atoms with E-state index in [1.54, 1.807) is 6.20 Å². The van der Waals surface area contributed by atoms with Crippen LogP contribution in [0.1, 0.15) is 37.7 Å². The molecule has 1 aliphatic carbocycles. The molecular weight excluding hydrogens is 215 g/mol. The van der Waals surface area contributed by atoms with Crippen molar-refractivity contribution in [1.29, 1.82) is 0 Å². The molecule has 17 heavy (non-hydrogen) atoms. The van der Waals surface area contributed by atoms with Crippen LogP contribution in [0.15, 0.2) is 30.7 Å². The second kappa shape index (κ2) is 4.13. The highest BCUT2D eigenvalue weighted by Crippen LogP contribution is 2.34. The third-order valence-electron chi connectivity index (χ3n) is 3.73. The summed E-state index contributed by atoms with van der Waals surface area (Å²) in [4.78, 5) is 4.24. The van der Waals surface area contributed by atoms with E-state index in [0.717, 1.165) is 24.1 Å². The molecule has 0 aromatic carbocycles. The summed E-state index contributed by atoms with van der Waals surface area (Å²) in [6, 6.07) is 4.00. The predicted octanol–water partition coefficient (Wildman–Crippen LogP) is 3.55. The summed E-state index contributed by atoms with van der Waals surface area (Å²) in [6.07, 6.45) is 10.9. The van der Waals surface area contributed by atoms with E-state index in [4.69, 9.17) is 0 Å². The van der Waals surface area contributed by atoms with Crippen LogP contribution in [0.2, 0.25) is 0 Å². The number of halogens is 1. The van der Waals surface area contributed by atoms with Crippen molar-refractivity contribution in [2.45, 2.75) is 44.2 Å². The maximum absolute atomic E-state index is 14.6. The quantitative estimate of drug-likeness (QED) is 0.774. The van der Waals surface area contributed by atoms with Crippen LogP contribution in [-0.2, 0) is 6.42 Å². The van der Waals surface area contributed by atoms with E-state index in [0.29, 0.717) is 19.3 Å². The minimum atomic E-state index is -0.983. The summed E-state index contributed by atoms with van der Waals surface area (Å²) >= 11 is 0. The van der Waals surface area contributed by atoms with Gasteiger partial charge in [0.2, 0.25) is 0 Å². The van der Waals surface area contributed by atoms with E-state index in [1.807, 2.05) is 28.9 Å². The summed E-state index contributed by atoms with van der Waals surface area (Å²) in [7, 11) is 0. The van der Waals surface area contributed by atoms with Crippen molar-refractivity contribution in [3.05, 3.63) is 36.3 Å². The van der Waals surface area contributed by atoms with Crippen LogP contribution in [0.5, 0.6) is 0 Å². The van der Waals surface area contributed by atoms with Crippen LogP contribution in [0, 0.1) is 0 Å². The van der Waals surface area contributed by atoms with Crippen LogP contribution in [0.3, 0.4) is 0 Å². The Labute approximate surface area is 100 Å². The summed E-state index contributed by atoms with van der Waals surface area (Å²) in [6.45, 7) is 0. The SMILES string of the molecule is FC1(Cc2ccn3ccnc3c2)CCCCC1. The summed E-state index contributed by atoms with van der Waals surface area (Å²) in [5.41, 5.74) is 0.985. The number of imidazole rings is 1. The van der Waals surface area contributed by atoms with Gasteiger partial charge >= 0.3 is 0 Å². The van der Waals surface area contributed by atoms with Crippen LogP contribution in [0.4, 0.5) is 4.39 Å². The number of fused-ring (bicyclic) bond motifs is 1. The van der Waals surface area contributed by atoms with E-state index in [-0.39, 0.29) is 0 Å². The molecule has 90 valence electrons. The molecule has 2 aromatic heterocycles. The summed E-state index contributed by atoms with van der Waals surface area (Å²) in [5, 5.41) is 0. The number of nitrogens with zero attached hydrogens (tertiary/aromatic N) is 2. The van der Waals surface area contributed by atoms with Crippen molar-refractivity contribution in [3.8, 4) is 0 Å². The van der Waals surface area contributed by atoms with Gasteiger partial charge in [0.1, 0.15) is 11.3 Å². The van der Waals surface area contributed by atoms with Gasteiger partial charge in [0.15, 0.2) is 0 Å². The Morgan fingerprint density at radius 1 is 1.24 bits per heavy atom. The highest BCUT2D eigenvalue weighted by Gasteiger charge is 2.31. The lowest BCUT2D eigenvalue weighted by Gasteiger charge is -2.29. The molecule has 3 heteroatoms. The lowest BCUT2D eigenvalue weighted by molar-refractivity contribution is 0.107. The molecule has 1 saturated carbocycles. The van der Waals surface area contributed by atoms with Gasteiger partial charge in [0.25, 0.3) is 0 Å². The van der Waals surface area contributed by atoms with E-state index in [9.17, 15) is 4.39 Å². The molecule has 0 amide bonds. The highest BCUT2D eigenvalue weighted by atomic mass is 19.1. The standard InChI is InChI=1S/C14H17FN2/c15-14(5-2-1-3-6-14)11-12-4-8-17-9-7-16-13(17)10-12/h4,7-10H,1-3,5-6,11H2. The van der Waals surface area contributed by atoms with E-state index >= 15 is 0 Å². The predicted molar refractivity (Wildman–Crippen MR) is 65.8 cm³/mol. The summed E-state index contributed by atoms with van der Waals surface area (Å²) in [5.74, 6) is 0. The smallest absolute Gasteiger partial charge is 0.136 e. The van der Waals surface area contributed by atoms with E-state index < -0.39 is 5.67 Å². The molecule has 2 aromatic rings. The molecule has 0 unspecified atom stereocenters. The molecule has 0 spiro atoms. The fourth-order valence-electron chi connectivity index (χ4n) is 2.79. The van der Waals surface area contributed by atoms with Gasteiger partial charge in [-0.05, 0) is 30.5 Å². The van der Waals surface area contributed by atoms with Gasteiger partial charge < -0.3 is 4.40 Å². The average Bonchev–Trinajstić information content (AvgIpc) is 2.76. The molecule has 0 saturated heterocycles. The number of hydrogen-bond acceptors (Lipinski definition) is 1. The first-order chi connectivity index (χ1) is 8.25. The second-order valence-corrected chi connectivity index (χ2v) is 5.12. The summed E-state index contributed by atoms with van der Waals surface area (Å²) < 4.78 is 16.5. The Kier molecular flexibility index (Phi) is 2.61. The maximum Gasteiger partial charge on any atom is 0.136 e. The second-order valence-electron chi connectivity index (χ2n) is 5.12. The Bertz CT molecular complexity index is 512. The molecule has 1 fully saturated rings. The Morgan fingerprint density at radius 3 is 2.88 bits per heavy atom. The zero-order valence-corrected chi connectivity index (χ0v) is 9.90. The molecule has 0 radical (unpaired) electrons. The fraction of sp³-hybridized carbons (Fsp3) is 0.500. The fourth-order valence-corrected chi connectivity index (χ4v) is 2.79. The Hall–Kier alpha value is -1.38. The molecular formula is C14H17FN2. The van der Waals surface area contributed by atoms with Crippen molar-refractivity contribution in [2.24, 2.45) is 0 Å². The first kappa shape index (κ1) is 10.8. The Balaban J connectivity index is 1.83. The monoisotopic (exact) mass is 232 g/mol. The van der Waals surface area contributed by atoms with E-state index in [1.165, 1.54) is 6.42 Å². The highest BCUT2D eigenvalue weighted by molar-refractivity contribution is 5.41. The van der Waals surface area contributed by atoms with Crippen LogP contribution in [-0.4, -0.2) is 15.1 Å². The molecule has 1 aliphatic rings. The Morgan fingerprint density at radius 2 is 2.06 bits per heavy atom. The van der Waals surface area contributed by atoms with Crippen molar-refractivity contribution in [1.82, 2.24) is 9.38 Å². The van der Waals surface area contributed by atoms with Crippen molar-refractivity contribution in [2.75, 3.05) is 0 Å². The number of alkyl halides is 1. The number of pyridine rings is 1. The molecule has 0 N–H and O–H groups in total. The molecule has 3 rings (SSSR count). The molecule has 2 heterocycles. The minimum Gasteiger partial charge on any atom is -0.307 e. The average molecular weight is 232 g/mol. The number of rotatable bonds is 2. The molecule has 0 bridgehead atoms. The number of aromatic nitrogens is 2. The third-order valence-corrected chi connectivity index (χ3v) is 3.73. The van der Waals surface area contributed by atoms with Crippen molar-refractivity contribution >= 4 is 5.65 Å². The van der Waals surface area contributed by atoms with E-state index in [2.05, 4.69) is 4.98 Å². The molecule has 0 aliphatic heterocycles. The van der Waals surface area contributed by atoms with Gasteiger partial charge in [0.05, 0.1) is 0 Å². The first-order valence-electron chi connectivity index (χ1n) is 6.36.